The Kier molecular flexibility index (Phi) is 4.76. The Labute approximate surface area is 124 Å². The summed E-state index contributed by atoms with van der Waals surface area (Å²) in [5, 5.41) is 11.7. The lowest BCUT2D eigenvalue weighted by Gasteiger charge is -2.10. The van der Waals surface area contributed by atoms with Gasteiger partial charge in [-0.3, -0.25) is 4.79 Å². The maximum absolute atomic E-state index is 12.3. The maximum atomic E-state index is 12.3. The third kappa shape index (κ3) is 3.71. The normalized spacial score (nSPS) is 9.67. The van der Waals surface area contributed by atoms with E-state index in [4.69, 9.17) is 5.11 Å². The zero-order valence-corrected chi connectivity index (χ0v) is 12.1. The van der Waals surface area contributed by atoms with Crippen LogP contribution in [-0.2, 0) is 0 Å². The van der Waals surface area contributed by atoms with Gasteiger partial charge in [0.1, 0.15) is 6.61 Å². The SMILES string of the molecule is Cc1ccc(NC(=O)c2ccccc2C)c(C#CCO)c1. The molecule has 0 heterocycles. The molecule has 0 saturated carbocycles. The summed E-state index contributed by atoms with van der Waals surface area (Å²) in [6, 6.07) is 13.1. The fraction of sp³-hybridized carbons (Fsp3) is 0.167. The van der Waals surface area contributed by atoms with Crippen molar-refractivity contribution in [3.05, 3.63) is 64.7 Å². The van der Waals surface area contributed by atoms with Gasteiger partial charge in [-0.1, -0.05) is 36.1 Å². The van der Waals surface area contributed by atoms with E-state index in [1.807, 2.05) is 50.2 Å². The minimum absolute atomic E-state index is 0.163. The van der Waals surface area contributed by atoms with Gasteiger partial charge in [0.25, 0.3) is 5.91 Å². The molecule has 0 aliphatic carbocycles. The highest BCUT2D eigenvalue weighted by Crippen LogP contribution is 2.18. The van der Waals surface area contributed by atoms with Gasteiger partial charge in [-0.25, -0.2) is 0 Å². The molecule has 0 bridgehead atoms. The predicted molar refractivity (Wildman–Crippen MR) is 84.3 cm³/mol. The lowest BCUT2D eigenvalue weighted by atomic mass is 10.1. The van der Waals surface area contributed by atoms with Crippen LogP contribution in [0.15, 0.2) is 42.5 Å². The monoisotopic (exact) mass is 279 g/mol. The number of hydrogen-bond donors (Lipinski definition) is 2. The summed E-state index contributed by atoms with van der Waals surface area (Å²) in [7, 11) is 0. The third-order valence-corrected chi connectivity index (χ3v) is 3.12. The van der Waals surface area contributed by atoms with E-state index in [0.717, 1.165) is 11.1 Å². The summed E-state index contributed by atoms with van der Waals surface area (Å²) in [4.78, 5) is 12.3. The maximum Gasteiger partial charge on any atom is 0.255 e. The second-order valence-corrected chi connectivity index (χ2v) is 4.78. The van der Waals surface area contributed by atoms with Crippen LogP contribution in [0.2, 0.25) is 0 Å². The summed E-state index contributed by atoms with van der Waals surface area (Å²) in [5.41, 5.74) is 3.95. The van der Waals surface area contributed by atoms with Crippen LogP contribution in [0.4, 0.5) is 5.69 Å². The van der Waals surface area contributed by atoms with Crippen molar-refractivity contribution in [2.75, 3.05) is 11.9 Å². The molecule has 0 unspecified atom stereocenters. The van der Waals surface area contributed by atoms with E-state index in [1.54, 1.807) is 6.07 Å². The van der Waals surface area contributed by atoms with E-state index in [0.29, 0.717) is 16.8 Å². The smallest absolute Gasteiger partial charge is 0.255 e. The van der Waals surface area contributed by atoms with Crippen LogP contribution >= 0.6 is 0 Å². The summed E-state index contributed by atoms with van der Waals surface area (Å²) < 4.78 is 0. The molecule has 0 fully saturated rings. The molecule has 0 saturated heterocycles. The highest BCUT2D eigenvalue weighted by Gasteiger charge is 2.10. The van der Waals surface area contributed by atoms with Crippen LogP contribution in [0.5, 0.6) is 0 Å². The summed E-state index contributed by atoms with van der Waals surface area (Å²) in [6.45, 7) is 3.65. The fourth-order valence-corrected chi connectivity index (χ4v) is 2.02. The Bertz CT molecular complexity index is 723. The van der Waals surface area contributed by atoms with Crippen molar-refractivity contribution >= 4 is 11.6 Å². The number of benzene rings is 2. The van der Waals surface area contributed by atoms with Crippen molar-refractivity contribution < 1.29 is 9.90 Å². The molecule has 0 aromatic heterocycles. The number of amides is 1. The second-order valence-electron chi connectivity index (χ2n) is 4.78. The number of rotatable bonds is 2. The minimum atomic E-state index is -0.209. The number of aliphatic hydroxyl groups excluding tert-OH is 1. The molecule has 0 aliphatic rings. The molecule has 2 N–H and O–H groups in total. The van der Waals surface area contributed by atoms with Crippen molar-refractivity contribution in [2.24, 2.45) is 0 Å². The quantitative estimate of drug-likeness (QED) is 0.830. The second kappa shape index (κ2) is 6.74. The molecular formula is C18H17NO2. The number of nitrogens with one attached hydrogen (secondary N) is 1. The molecule has 3 heteroatoms. The summed E-state index contributed by atoms with van der Waals surface area (Å²) in [5.74, 6) is 5.31. The topological polar surface area (TPSA) is 49.3 Å². The minimum Gasteiger partial charge on any atom is -0.384 e. The molecular weight excluding hydrogens is 262 g/mol. The van der Waals surface area contributed by atoms with E-state index in [1.165, 1.54) is 0 Å². The van der Waals surface area contributed by atoms with Gasteiger partial charge in [0.05, 0.1) is 5.69 Å². The number of anilines is 1. The van der Waals surface area contributed by atoms with Crippen molar-refractivity contribution in [3.63, 3.8) is 0 Å². The van der Waals surface area contributed by atoms with Crippen LogP contribution in [0.25, 0.3) is 0 Å². The zero-order valence-electron chi connectivity index (χ0n) is 12.1. The third-order valence-electron chi connectivity index (χ3n) is 3.12. The first kappa shape index (κ1) is 14.8. The van der Waals surface area contributed by atoms with Crippen LogP contribution in [0, 0.1) is 25.7 Å². The molecule has 2 rings (SSSR count). The standard InChI is InChI=1S/C18H17NO2/c1-13-9-10-17(15(12-13)7-5-11-20)19-18(21)16-8-4-3-6-14(16)2/h3-4,6,8-10,12,20H,11H2,1-2H3,(H,19,21). The first-order chi connectivity index (χ1) is 10.1. The van der Waals surface area contributed by atoms with Gasteiger partial charge in [-0.2, -0.15) is 0 Å². The Morgan fingerprint density at radius 1 is 1.19 bits per heavy atom. The van der Waals surface area contributed by atoms with Gasteiger partial charge < -0.3 is 10.4 Å². The first-order valence-electron chi connectivity index (χ1n) is 6.69. The van der Waals surface area contributed by atoms with Gasteiger partial charge in [0, 0.05) is 11.1 Å². The average molecular weight is 279 g/mol. The first-order valence-corrected chi connectivity index (χ1v) is 6.69. The van der Waals surface area contributed by atoms with E-state index in [-0.39, 0.29) is 12.5 Å². The molecule has 2 aromatic carbocycles. The van der Waals surface area contributed by atoms with E-state index in [2.05, 4.69) is 17.2 Å². The molecule has 0 aliphatic heterocycles. The van der Waals surface area contributed by atoms with Crippen LogP contribution < -0.4 is 5.32 Å². The molecule has 0 atom stereocenters. The van der Waals surface area contributed by atoms with Crippen LogP contribution in [0.3, 0.4) is 0 Å². The van der Waals surface area contributed by atoms with Gasteiger partial charge in [-0.15, -0.1) is 0 Å². The average Bonchev–Trinajstić information content (AvgIpc) is 2.47. The molecule has 106 valence electrons. The van der Waals surface area contributed by atoms with E-state index in [9.17, 15) is 4.79 Å². The number of aliphatic hydroxyl groups is 1. The Balaban J connectivity index is 2.31. The Morgan fingerprint density at radius 3 is 2.67 bits per heavy atom. The van der Waals surface area contributed by atoms with Crippen molar-refractivity contribution in [1.82, 2.24) is 0 Å². The highest BCUT2D eigenvalue weighted by molar-refractivity contribution is 6.05. The molecule has 2 aromatic rings. The zero-order chi connectivity index (χ0) is 15.2. The van der Waals surface area contributed by atoms with Gasteiger partial charge in [0.2, 0.25) is 0 Å². The Morgan fingerprint density at radius 2 is 1.95 bits per heavy atom. The number of carbonyl (C=O) groups is 1. The number of aryl methyl sites for hydroxylation is 2. The largest absolute Gasteiger partial charge is 0.384 e. The predicted octanol–water partition coefficient (Wildman–Crippen LogP) is 2.90. The van der Waals surface area contributed by atoms with E-state index >= 15 is 0 Å². The van der Waals surface area contributed by atoms with Crippen LogP contribution in [-0.4, -0.2) is 17.6 Å². The van der Waals surface area contributed by atoms with Gasteiger partial charge in [-0.05, 0) is 43.2 Å². The lowest BCUT2D eigenvalue weighted by molar-refractivity contribution is 0.102. The molecule has 1 amide bonds. The summed E-state index contributed by atoms with van der Waals surface area (Å²) in [6.07, 6.45) is 0. The van der Waals surface area contributed by atoms with Crippen molar-refractivity contribution in [2.45, 2.75) is 13.8 Å². The van der Waals surface area contributed by atoms with Crippen molar-refractivity contribution in [3.8, 4) is 11.8 Å². The number of hydrogen-bond acceptors (Lipinski definition) is 2. The van der Waals surface area contributed by atoms with Gasteiger partial charge >= 0.3 is 0 Å². The molecule has 3 nitrogen and oxygen atoms in total. The number of carbonyl (C=O) groups excluding carboxylic acids is 1. The summed E-state index contributed by atoms with van der Waals surface area (Å²) >= 11 is 0. The fourth-order valence-electron chi connectivity index (χ4n) is 2.02. The van der Waals surface area contributed by atoms with Crippen LogP contribution in [0.1, 0.15) is 27.0 Å². The van der Waals surface area contributed by atoms with E-state index < -0.39 is 0 Å². The van der Waals surface area contributed by atoms with Gasteiger partial charge in [0.15, 0.2) is 0 Å². The molecule has 0 radical (unpaired) electrons. The van der Waals surface area contributed by atoms with Crippen molar-refractivity contribution in [1.29, 1.82) is 0 Å². The Hall–Kier alpha value is -2.57. The molecule has 21 heavy (non-hydrogen) atoms. The lowest BCUT2D eigenvalue weighted by Crippen LogP contribution is -2.14. The molecule has 0 spiro atoms. The highest BCUT2D eigenvalue weighted by atomic mass is 16.2.